The van der Waals surface area contributed by atoms with Crippen LogP contribution in [-0.4, -0.2) is 49.9 Å². The van der Waals surface area contributed by atoms with E-state index in [1.165, 1.54) is 6.33 Å². The second-order valence-corrected chi connectivity index (χ2v) is 7.98. The molecule has 0 amide bonds. The third-order valence-electron chi connectivity index (χ3n) is 5.93. The number of hydrogen-bond donors (Lipinski definition) is 2. The van der Waals surface area contributed by atoms with Gasteiger partial charge in [-0.05, 0) is 67.9 Å². The second kappa shape index (κ2) is 7.00. The lowest BCUT2D eigenvalue weighted by atomic mass is 9.97. The molecule has 7 heteroatoms. The fraction of sp³-hybridized carbons (Fsp3) is 0.318. The van der Waals surface area contributed by atoms with E-state index in [-0.39, 0.29) is 5.75 Å². The number of fused-ring (bicyclic) bond motifs is 2. The molecule has 0 aliphatic carbocycles. The monoisotopic (exact) mass is 388 g/mol. The minimum Gasteiger partial charge on any atom is -0.508 e. The Morgan fingerprint density at radius 2 is 1.83 bits per heavy atom. The Morgan fingerprint density at radius 1 is 1.07 bits per heavy atom. The summed E-state index contributed by atoms with van der Waals surface area (Å²) in [6.45, 7) is 3.07. The Labute approximate surface area is 168 Å². The van der Waals surface area contributed by atoms with E-state index in [2.05, 4.69) is 28.0 Å². The van der Waals surface area contributed by atoms with Gasteiger partial charge in [0.15, 0.2) is 5.65 Å². The van der Waals surface area contributed by atoms with Crippen LogP contribution in [0.5, 0.6) is 5.75 Å². The number of nitrogen functional groups attached to an aromatic ring is 1. The summed E-state index contributed by atoms with van der Waals surface area (Å²) < 4.78 is 2.00. The number of nitrogens with two attached hydrogens (primary N) is 1. The van der Waals surface area contributed by atoms with Crippen LogP contribution in [0.15, 0.2) is 42.7 Å². The van der Waals surface area contributed by atoms with Gasteiger partial charge in [0.25, 0.3) is 0 Å². The predicted molar refractivity (Wildman–Crippen MR) is 115 cm³/mol. The summed E-state index contributed by atoms with van der Waals surface area (Å²) in [6, 6.07) is 11.4. The van der Waals surface area contributed by atoms with Gasteiger partial charge < -0.3 is 15.7 Å². The van der Waals surface area contributed by atoms with Crippen molar-refractivity contribution >= 4 is 27.6 Å². The largest absolute Gasteiger partial charge is 0.508 e. The Kier molecular flexibility index (Phi) is 4.32. The number of likely N-dealkylation sites (tertiary alicyclic amines) is 1. The molecule has 7 nitrogen and oxygen atoms in total. The van der Waals surface area contributed by atoms with Crippen LogP contribution in [0.25, 0.3) is 33.1 Å². The molecule has 2 aromatic carbocycles. The standard InChI is InChI=1S/C22H24N6O/c1-27-8-6-14(7-9-27)12-28-22-19(21(23)24-13-25-22)20(26-28)17-3-2-16-11-18(29)5-4-15(16)10-17/h2-5,10-11,13-14,29H,6-9,12H2,1H3,(H2,23,24,25). The molecule has 29 heavy (non-hydrogen) atoms. The number of hydrogen-bond acceptors (Lipinski definition) is 6. The van der Waals surface area contributed by atoms with Gasteiger partial charge in [-0.1, -0.05) is 18.2 Å². The normalized spacial score (nSPS) is 16.0. The van der Waals surface area contributed by atoms with Gasteiger partial charge in [0.2, 0.25) is 0 Å². The van der Waals surface area contributed by atoms with Crippen LogP contribution in [0.3, 0.4) is 0 Å². The number of phenols is 1. The number of nitrogens with zero attached hydrogens (tertiary/aromatic N) is 5. The third-order valence-corrected chi connectivity index (χ3v) is 5.93. The van der Waals surface area contributed by atoms with Gasteiger partial charge in [0, 0.05) is 12.1 Å². The maximum atomic E-state index is 9.72. The zero-order valence-corrected chi connectivity index (χ0v) is 16.4. The maximum Gasteiger partial charge on any atom is 0.163 e. The van der Waals surface area contributed by atoms with Crippen molar-refractivity contribution in [2.24, 2.45) is 5.92 Å². The topological polar surface area (TPSA) is 93.1 Å². The fourth-order valence-corrected chi connectivity index (χ4v) is 4.23. The molecule has 148 valence electrons. The molecule has 0 unspecified atom stereocenters. The van der Waals surface area contributed by atoms with Crippen molar-refractivity contribution in [3.05, 3.63) is 42.7 Å². The van der Waals surface area contributed by atoms with E-state index in [0.29, 0.717) is 11.7 Å². The van der Waals surface area contributed by atoms with E-state index in [0.717, 1.165) is 65.5 Å². The van der Waals surface area contributed by atoms with Gasteiger partial charge in [0.05, 0.1) is 5.39 Å². The van der Waals surface area contributed by atoms with Crippen LogP contribution in [0.1, 0.15) is 12.8 Å². The van der Waals surface area contributed by atoms with E-state index in [9.17, 15) is 5.11 Å². The lowest BCUT2D eigenvalue weighted by molar-refractivity contribution is 0.202. The molecule has 0 atom stereocenters. The SMILES string of the molecule is CN1CCC(Cn2nc(-c3ccc4cc(O)ccc4c3)c3c(N)ncnc32)CC1. The van der Waals surface area contributed by atoms with Crippen LogP contribution in [0, 0.1) is 5.92 Å². The van der Waals surface area contributed by atoms with Crippen LogP contribution < -0.4 is 5.73 Å². The molecule has 3 N–H and O–H groups in total. The van der Waals surface area contributed by atoms with Crippen molar-refractivity contribution in [1.82, 2.24) is 24.6 Å². The number of rotatable bonds is 3. The van der Waals surface area contributed by atoms with Crippen LogP contribution in [-0.2, 0) is 6.54 Å². The highest BCUT2D eigenvalue weighted by Crippen LogP contribution is 2.33. The Hall–Kier alpha value is -3.19. The van der Waals surface area contributed by atoms with E-state index >= 15 is 0 Å². The second-order valence-electron chi connectivity index (χ2n) is 7.98. The molecule has 1 aliphatic rings. The van der Waals surface area contributed by atoms with E-state index in [1.807, 2.05) is 22.9 Å². The minimum absolute atomic E-state index is 0.260. The van der Waals surface area contributed by atoms with Gasteiger partial charge in [-0.25, -0.2) is 14.6 Å². The molecule has 1 aliphatic heterocycles. The van der Waals surface area contributed by atoms with Crippen molar-refractivity contribution in [1.29, 1.82) is 0 Å². The van der Waals surface area contributed by atoms with Crippen LogP contribution in [0.4, 0.5) is 5.82 Å². The summed E-state index contributed by atoms with van der Waals surface area (Å²) in [4.78, 5) is 11.1. The molecule has 0 bridgehead atoms. The lowest BCUT2D eigenvalue weighted by Crippen LogP contribution is -2.32. The molecular weight excluding hydrogens is 364 g/mol. The van der Waals surface area contributed by atoms with Gasteiger partial charge in [-0.15, -0.1) is 0 Å². The first-order valence-electron chi connectivity index (χ1n) is 9.97. The first-order valence-corrected chi connectivity index (χ1v) is 9.97. The molecule has 1 saturated heterocycles. The number of piperidine rings is 1. The summed E-state index contributed by atoms with van der Waals surface area (Å²) in [7, 11) is 2.17. The van der Waals surface area contributed by atoms with Gasteiger partial charge in [-0.3, -0.25) is 0 Å². The number of anilines is 1. The van der Waals surface area contributed by atoms with E-state index in [1.54, 1.807) is 12.1 Å². The van der Waals surface area contributed by atoms with Crippen molar-refractivity contribution in [3.8, 4) is 17.0 Å². The summed E-state index contributed by atoms with van der Waals surface area (Å²) in [5.41, 5.74) is 8.81. The molecule has 0 spiro atoms. The molecule has 0 radical (unpaired) electrons. The van der Waals surface area contributed by atoms with Crippen molar-refractivity contribution in [2.75, 3.05) is 25.9 Å². The van der Waals surface area contributed by atoms with Gasteiger partial charge in [0.1, 0.15) is 23.6 Å². The maximum absolute atomic E-state index is 9.72. The average Bonchev–Trinajstić information content (AvgIpc) is 3.09. The average molecular weight is 388 g/mol. The highest BCUT2D eigenvalue weighted by Gasteiger charge is 2.22. The Balaban J connectivity index is 1.59. The van der Waals surface area contributed by atoms with Crippen molar-refractivity contribution in [2.45, 2.75) is 19.4 Å². The highest BCUT2D eigenvalue weighted by atomic mass is 16.3. The quantitative estimate of drug-likeness (QED) is 0.559. The van der Waals surface area contributed by atoms with Gasteiger partial charge in [-0.2, -0.15) is 5.10 Å². The highest BCUT2D eigenvalue weighted by molar-refractivity contribution is 6.00. The third kappa shape index (κ3) is 3.27. The Morgan fingerprint density at radius 3 is 2.66 bits per heavy atom. The first-order chi connectivity index (χ1) is 14.1. The number of aromatic nitrogens is 4. The summed E-state index contributed by atoms with van der Waals surface area (Å²) in [6.07, 6.45) is 3.83. The summed E-state index contributed by atoms with van der Waals surface area (Å²) in [5.74, 6) is 1.29. The summed E-state index contributed by atoms with van der Waals surface area (Å²) >= 11 is 0. The Bertz CT molecular complexity index is 1190. The molecule has 5 rings (SSSR count). The zero-order chi connectivity index (χ0) is 20.0. The number of phenolic OH excluding ortho intramolecular Hbond substituents is 1. The number of aromatic hydroxyl groups is 1. The minimum atomic E-state index is 0.260. The molecule has 0 saturated carbocycles. The fourth-order valence-electron chi connectivity index (χ4n) is 4.23. The molecular formula is C22H24N6O. The van der Waals surface area contributed by atoms with Crippen LogP contribution >= 0.6 is 0 Å². The first kappa shape index (κ1) is 17.9. The van der Waals surface area contributed by atoms with Gasteiger partial charge >= 0.3 is 0 Å². The molecule has 2 aromatic heterocycles. The molecule has 4 aromatic rings. The zero-order valence-electron chi connectivity index (χ0n) is 16.4. The molecule has 1 fully saturated rings. The smallest absolute Gasteiger partial charge is 0.163 e. The number of benzene rings is 2. The predicted octanol–water partition coefficient (Wildman–Crippen LogP) is 3.28. The van der Waals surface area contributed by atoms with Crippen molar-refractivity contribution < 1.29 is 5.11 Å². The lowest BCUT2D eigenvalue weighted by Gasteiger charge is -2.28. The summed E-state index contributed by atoms with van der Waals surface area (Å²) in [5, 5.41) is 17.5. The van der Waals surface area contributed by atoms with E-state index in [4.69, 9.17) is 10.8 Å². The van der Waals surface area contributed by atoms with Crippen molar-refractivity contribution in [3.63, 3.8) is 0 Å². The molecule has 3 heterocycles. The van der Waals surface area contributed by atoms with Crippen LogP contribution in [0.2, 0.25) is 0 Å². The van der Waals surface area contributed by atoms with E-state index < -0.39 is 0 Å².